The molecule has 0 bridgehead atoms. The molecule has 2 aromatic carbocycles. The van der Waals surface area contributed by atoms with Crippen molar-refractivity contribution in [3.8, 4) is 0 Å². The van der Waals surface area contributed by atoms with Gasteiger partial charge in [-0.15, -0.1) is 0 Å². The van der Waals surface area contributed by atoms with Crippen LogP contribution in [-0.2, 0) is 18.2 Å². The summed E-state index contributed by atoms with van der Waals surface area (Å²) in [6.07, 6.45) is 3.49. The Bertz CT molecular complexity index is 805. The normalized spacial score (nSPS) is 11.6. The van der Waals surface area contributed by atoms with Crippen LogP contribution in [0.15, 0.2) is 60.7 Å². The third kappa shape index (κ3) is 8.52. The van der Waals surface area contributed by atoms with Crippen molar-refractivity contribution in [2.75, 3.05) is 13.1 Å². The van der Waals surface area contributed by atoms with E-state index < -0.39 is 18.2 Å². The van der Waals surface area contributed by atoms with Gasteiger partial charge in [-0.1, -0.05) is 0 Å². The maximum atomic E-state index is 13.6. The quantitative estimate of drug-likeness (QED) is 0.223. The fourth-order valence-electron chi connectivity index (χ4n) is 3.65. The Morgan fingerprint density at radius 3 is 1.33 bits per heavy atom. The fraction of sp³-hybridized carbons (Fsp3) is 0.462. The Morgan fingerprint density at radius 1 is 0.697 bits per heavy atom. The van der Waals surface area contributed by atoms with Crippen LogP contribution in [0, 0.1) is 11.8 Å². The summed E-state index contributed by atoms with van der Waals surface area (Å²) in [4.78, 5) is 27.2. The van der Waals surface area contributed by atoms with E-state index in [0.717, 1.165) is 25.7 Å². The van der Waals surface area contributed by atoms with Crippen molar-refractivity contribution in [2.45, 2.75) is 53.4 Å². The van der Waals surface area contributed by atoms with Crippen LogP contribution in [0.3, 0.4) is 0 Å². The number of hydrogen-bond donors (Lipinski definition) is 0. The summed E-state index contributed by atoms with van der Waals surface area (Å²) in [6.45, 7) is 9.50. The van der Waals surface area contributed by atoms with E-state index in [2.05, 4.69) is 27.7 Å². The number of nitrogens with zero attached hydrogens (tertiary/aromatic N) is 2. The molecule has 33 heavy (non-hydrogen) atoms. The van der Waals surface area contributed by atoms with E-state index in [-0.39, 0.29) is 11.8 Å². The van der Waals surface area contributed by atoms with Gasteiger partial charge in [0.05, 0.1) is 0 Å². The maximum absolute atomic E-state index is 13.6. The molecule has 0 atom stereocenters. The summed E-state index contributed by atoms with van der Waals surface area (Å²) >= 11 is -4.80. The molecule has 0 aliphatic rings. The van der Waals surface area contributed by atoms with Gasteiger partial charge in [-0.25, -0.2) is 0 Å². The first-order valence-corrected chi connectivity index (χ1v) is 23.9. The van der Waals surface area contributed by atoms with E-state index in [9.17, 15) is 9.59 Å². The van der Waals surface area contributed by atoms with Gasteiger partial charge < -0.3 is 0 Å². The van der Waals surface area contributed by atoms with Gasteiger partial charge in [0.1, 0.15) is 0 Å². The Labute approximate surface area is 211 Å². The fourth-order valence-corrected chi connectivity index (χ4v) is 15.7. The van der Waals surface area contributed by atoms with Crippen molar-refractivity contribution in [3.63, 3.8) is 0 Å². The van der Waals surface area contributed by atoms with Crippen molar-refractivity contribution in [1.82, 2.24) is 5.78 Å². The van der Waals surface area contributed by atoms with E-state index in [1.54, 1.807) is 30.0 Å². The molecule has 0 heterocycles. The van der Waals surface area contributed by atoms with Crippen LogP contribution in [0.25, 0.3) is 0 Å². The zero-order chi connectivity index (χ0) is 24.4. The van der Waals surface area contributed by atoms with Crippen molar-refractivity contribution in [3.05, 3.63) is 71.8 Å². The molecule has 0 saturated heterocycles. The Morgan fingerprint density at radius 2 is 1.03 bits per heavy atom. The molecule has 2 amide bonds. The van der Waals surface area contributed by atoms with Crippen molar-refractivity contribution >= 4 is 29.0 Å². The van der Waals surface area contributed by atoms with Crippen LogP contribution in [0.5, 0.6) is 0 Å². The molecule has 0 spiro atoms. The first-order valence-electron chi connectivity index (χ1n) is 11.8. The van der Waals surface area contributed by atoms with Crippen LogP contribution in [0.2, 0.25) is 0 Å². The molecule has 7 heteroatoms. The second-order valence-electron chi connectivity index (χ2n) is 9.23. The average Bonchev–Trinajstić information content (AvgIpc) is 2.79. The average molecular weight is 658 g/mol. The molecule has 2 aromatic rings. The Hall–Kier alpha value is -1.17. The van der Waals surface area contributed by atoms with Crippen LogP contribution >= 0.6 is 17.2 Å². The minimum absolute atomic E-state index is 0.194. The van der Waals surface area contributed by atoms with Gasteiger partial charge in [-0.3, -0.25) is 0 Å². The summed E-state index contributed by atoms with van der Waals surface area (Å²) in [5, 5.41) is 0. The van der Waals surface area contributed by atoms with Crippen LogP contribution in [0.4, 0.5) is 0 Å². The van der Waals surface area contributed by atoms with Gasteiger partial charge in [-0.2, -0.15) is 0 Å². The first kappa shape index (κ1) is 28.1. The summed E-state index contributed by atoms with van der Waals surface area (Å²) < 4.78 is 3.31. The summed E-state index contributed by atoms with van der Waals surface area (Å²) in [7, 11) is 14.4. The van der Waals surface area contributed by atoms with Crippen molar-refractivity contribution < 1.29 is 27.8 Å². The van der Waals surface area contributed by atoms with Crippen molar-refractivity contribution in [2.24, 2.45) is 11.8 Å². The first-order chi connectivity index (χ1) is 15.6. The van der Waals surface area contributed by atoms with E-state index in [1.807, 2.05) is 36.4 Å². The van der Waals surface area contributed by atoms with Crippen LogP contribution < -0.4 is 0 Å². The predicted octanol–water partition coefficient (Wildman–Crippen LogP) is 7.44. The summed E-state index contributed by atoms with van der Waals surface area (Å²) in [5.41, 5.74) is 1.09. The van der Waals surface area contributed by atoms with Gasteiger partial charge in [0, 0.05) is 0 Å². The number of halogens is 2. The standard InChI is InChI=1S/2C13H19NO.2ClH.Hf/c2*1-11(2)7-6-10-14-13(15)12-8-4-3-5-9-12;;;/h2*3-5,8-9,11H,6-7,10H2,1-2H3,(H,14,15);2*1H;/q;;;;+4/p-4. The monoisotopic (exact) mass is 658 g/mol. The van der Waals surface area contributed by atoms with Gasteiger partial charge in [-0.05, 0) is 0 Å². The van der Waals surface area contributed by atoms with Gasteiger partial charge in [0.25, 0.3) is 0 Å². The van der Waals surface area contributed by atoms with Crippen LogP contribution in [0.1, 0.15) is 74.1 Å². The predicted molar refractivity (Wildman–Crippen MR) is 135 cm³/mol. The van der Waals surface area contributed by atoms with Gasteiger partial charge in [0.15, 0.2) is 0 Å². The molecule has 0 aliphatic heterocycles. The van der Waals surface area contributed by atoms with Crippen LogP contribution in [-0.4, -0.2) is 30.7 Å². The number of hydrogen-bond acceptors (Lipinski definition) is 2. The molecule has 180 valence electrons. The van der Waals surface area contributed by atoms with Gasteiger partial charge >= 0.3 is 213 Å². The van der Waals surface area contributed by atoms with E-state index in [0.29, 0.717) is 36.1 Å². The number of carbonyl (C=O) groups is 2. The summed E-state index contributed by atoms with van der Waals surface area (Å²) in [5.74, 6) is 0.619. The SMILES string of the molecule is CC(C)CCC[N](C(=O)c1ccccc1)[Hf]([Cl])([Cl])[N](CCCC(C)C)C(=O)c1ccccc1. The van der Waals surface area contributed by atoms with E-state index in [1.165, 1.54) is 0 Å². The molecular weight excluding hydrogens is 622 g/mol. The molecule has 0 saturated carbocycles. The third-order valence-electron chi connectivity index (χ3n) is 5.51. The molecule has 2 rings (SSSR count). The number of rotatable bonds is 12. The molecular formula is C26H36Cl2HfN2O2. The van der Waals surface area contributed by atoms with E-state index in [4.69, 9.17) is 17.2 Å². The van der Waals surface area contributed by atoms with Crippen molar-refractivity contribution in [1.29, 1.82) is 0 Å². The van der Waals surface area contributed by atoms with E-state index >= 15 is 0 Å². The molecule has 0 aliphatic carbocycles. The minimum atomic E-state index is -4.80. The third-order valence-corrected chi connectivity index (χ3v) is 19.9. The Kier molecular flexibility index (Phi) is 11.6. The zero-order valence-corrected chi connectivity index (χ0v) is 25.2. The number of amides is 2. The number of benzene rings is 2. The Balaban J connectivity index is 2.41. The van der Waals surface area contributed by atoms with Gasteiger partial charge in [0.2, 0.25) is 0 Å². The second-order valence-corrected chi connectivity index (χ2v) is 27.0. The second kappa shape index (κ2) is 13.7. The molecule has 0 fully saturated rings. The topological polar surface area (TPSA) is 40.6 Å². The molecule has 0 N–H and O–H groups in total. The molecule has 4 nitrogen and oxygen atoms in total. The number of carbonyl (C=O) groups excluding carboxylic acids is 2. The molecule has 0 aromatic heterocycles. The zero-order valence-electron chi connectivity index (χ0n) is 20.1. The summed E-state index contributed by atoms with van der Waals surface area (Å²) in [6, 6.07) is 18.2. The molecule has 0 radical (unpaired) electrons. The molecule has 0 unspecified atom stereocenters.